The number of halogens is 1. The molecule has 0 aliphatic carbocycles. The van der Waals surface area contributed by atoms with Crippen LogP contribution in [-0.4, -0.2) is 37.4 Å². The lowest BCUT2D eigenvalue weighted by Crippen LogP contribution is -2.38. The fraction of sp³-hybridized carbons (Fsp3) is 0.533. The molecule has 1 aromatic carbocycles. The molecule has 4 nitrogen and oxygen atoms in total. The molecule has 20 heavy (non-hydrogen) atoms. The monoisotopic (exact) mass is 283 g/mol. The number of ether oxygens (including phenoxy) is 1. The molecule has 0 saturated carbocycles. The normalized spacial score (nSPS) is 10.8. The molecule has 112 valence electrons. The second-order valence-electron chi connectivity index (χ2n) is 4.62. The van der Waals surface area contributed by atoms with Gasteiger partial charge in [0.1, 0.15) is 5.82 Å². The molecule has 5 heteroatoms. The Labute approximate surface area is 119 Å². The van der Waals surface area contributed by atoms with Crippen LogP contribution in [0.15, 0.2) is 18.2 Å². The molecule has 0 bridgehead atoms. The van der Waals surface area contributed by atoms with E-state index in [0.29, 0.717) is 18.8 Å². The predicted octanol–water partition coefficient (Wildman–Crippen LogP) is 3.17. The van der Waals surface area contributed by atoms with Gasteiger partial charge in [0, 0.05) is 19.7 Å². The van der Waals surface area contributed by atoms with E-state index in [9.17, 15) is 14.3 Å². The van der Waals surface area contributed by atoms with E-state index in [-0.39, 0.29) is 11.6 Å². The first kappa shape index (κ1) is 16.4. The largest absolute Gasteiger partial charge is 0.478 e. The van der Waals surface area contributed by atoms with Crippen molar-refractivity contribution in [2.45, 2.75) is 32.7 Å². The van der Waals surface area contributed by atoms with E-state index < -0.39 is 11.8 Å². The van der Waals surface area contributed by atoms with E-state index in [4.69, 9.17) is 4.74 Å². The highest BCUT2D eigenvalue weighted by molar-refractivity contribution is 5.94. The zero-order valence-electron chi connectivity index (χ0n) is 12.2. The average Bonchev–Trinajstić information content (AvgIpc) is 2.43. The molecule has 0 amide bonds. The summed E-state index contributed by atoms with van der Waals surface area (Å²) in [6.07, 6.45) is 1.77. The topological polar surface area (TPSA) is 49.8 Å². The van der Waals surface area contributed by atoms with Gasteiger partial charge in [0.15, 0.2) is 0 Å². The summed E-state index contributed by atoms with van der Waals surface area (Å²) in [4.78, 5) is 13.3. The summed E-state index contributed by atoms with van der Waals surface area (Å²) in [5.74, 6) is -1.66. The van der Waals surface area contributed by atoms with Crippen LogP contribution in [0.3, 0.4) is 0 Å². The summed E-state index contributed by atoms with van der Waals surface area (Å²) < 4.78 is 18.4. The molecule has 1 rings (SSSR count). The number of carboxylic acid groups (broad SMARTS) is 1. The molecule has 0 fully saturated rings. The number of benzene rings is 1. The third-order valence-electron chi connectivity index (χ3n) is 3.42. The lowest BCUT2D eigenvalue weighted by atomic mass is 10.1. The molecule has 0 aromatic heterocycles. The smallest absolute Gasteiger partial charge is 0.337 e. The Balaban J connectivity index is 3.21. The fourth-order valence-corrected chi connectivity index (χ4v) is 2.35. The van der Waals surface area contributed by atoms with Crippen molar-refractivity contribution in [2.75, 3.05) is 25.2 Å². The Kier molecular flexibility index (Phi) is 6.45. The second-order valence-corrected chi connectivity index (χ2v) is 4.62. The predicted molar refractivity (Wildman–Crippen MR) is 77.0 cm³/mol. The first-order chi connectivity index (χ1) is 9.54. The number of carbonyl (C=O) groups is 1. The Bertz CT molecular complexity index is 447. The van der Waals surface area contributed by atoms with Crippen molar-refractivity contribution in [3.05, 3.63) is 29.6 Å². The molecular weight excluding hydrogens is 261 g/mol. The van der Waals surface area contributed by atoms with Crippen molar-refractivity contribution < 1.29 is 19.0 Å². The molecule has 0 aliphatic heterocycles. The summed E-state index contributed by atoms with van der Waals surface area (Å²) in [7, 11) is 1.61. The Morgan fingerprint density at radius 1 is 1.40 bits per heavy atom. The second kappa shape index (κ2) is 7.85. The number of nitrogens with zero attached hydrogens (tertiary/aromatic N) is 1. The number of methoxy groups -OCH3 is 1. The standard InChI is InChI=1S/C15H22FNO3/c1-4-12(5-2)17(8-9-20-3)14-7-6-11(16)10-13(14)15(18)19/h6-7,10,12H,4-5,8-9H2,1-3H3,(H,18,19). The number of carboxylic acids is 1. The summed E-state index contributed by atoms with van der Waals surface area (Å²) in [5.41, 5.74) is 0.539. The molecule has 1 aromatic rings. The lowest BCUT2D eigenvalue weighted by molar-refractivity contribution is 0.0696. The van der Waals surface area contributed by atoms with Crippen molar-refractivity contribution in [1.29, 1.82) is 0 Å². The first-order valence-corrected chi connectivity index (χ1v) is 6.83. The van der Waals surface area contributed by atoms with Gasteiger partial charge < -0.3 is 14.7 Å². The minimum absolute atomic E-state index is 0.00648. The van der Waals surface area contributed by atoms with Gasteiger partial charge >= 0.3 is 5.97 Å². The van der Waals surface area contributed by atoms with Crippen LogP contribution in [0.4, 0.5) is 10.1 Å². The van der Waals surface area contributed by atoms with Crippen LogP contribution < -0.4 is 4.90 Å². The zero-order chi connectivity index (χ0) is 15.1. The molecule has 0 unspecified atom stereocenters. The number of anilines is 1. The number of aromatic carboxylic acids is 1. The third kappa shape index (κ3) is 3.93. The highest BCUT2D eigenvalue weighted by Crippen LogP contribution is 2.26. The maximum Gasteiger partial charge on any atom is 0.337 e. The van der Waals surface area contributed by atoms with Gasteiger partial charge in [-0.3, -0.25) is 0 Å². The Hall–Kier alpha value is -1.62. The van der Waals surface area contributed by atoms with Crippen molar-refractivity contribution in [3.8, 4) is 0 Å². The fourth-order valence-electron chi connectivity index (χ4n) is 2.35. The molecule has 0 radical (unpaired) electrons. The van der Waals surface area contributed by atoms with Crippen LogP contribution in [0.1, 0.15) is 37.0 Å². The van der Waals surface area contributed by atoms with Crippen LogP contribution >= 0.6 is 0 Å². The Morgan fingerprint density at radius 2 is 2.05 bits per heavy atom. The van der Waals surface area contributed by atoms with Gasteiger partial charge in [0.05, 0.1) is 17.9 Å². The lowest BCUT2D eigenvalue weighted by Gasteiger charge is -2.33. The molecular formula is C15H22FNO3. The zero-order valence-corrected chi connectivity index (χ0v) is 12.2. The summed E-state index contributed by atoms with van der Waals surface area (Å²) in [6, 6.07) is 4.10. The summed E-state index contributed by atoms with van der Waals surface area (Å²) in [5, 5.41) is 9.27. The van der Waals surface area contributed by atoms with E-state index in [1.54, 1.807) is 7.11 Å². The van der Waals surface area contributed by atoms with E-state index in [0.717, 1.165) is 18.9 Å². The maximum atomic E-state index is 13.3. The van der Waals surface area contributed by atoms with Crippen LogP contribution in [0.5, 0.6) is 0 Å². The maximum absolute atomic E-state index is 13.3. The number of rotatable bonds is 8. The van der Waals surface area contributed by atoms with Gasteiger partial charge in [0.25, 0.3) is 0 Å². The summed E-state index contributed by atoms with van der Waals surface area (Å²) in [6.45, 7) is 5.18. The molecule has 0 atom stereocenters. The minimum atomic E-state index is -1.12. The van der Waals surface area contributed by atoms with E-state index in [1.165, 1.54) is 12.1 Å². The summed E-state index contributed by atoms with van der Waals surface area (Å²) >= 11 is 0. The van der Waals surface area contributed by atoms with Crippen molar-refractivity contribution in [1.82, 2.24) is 0 Å². The number of hydrogen-bond acceptors (Lipinski definition) is 3. The molecule has 0 spiro atoms. The number of hydrogen-bond donors (Lipinski definition) is 1. The SMILES string of the molecule is CCC(CC)N(CCOC)c1ccc(F)cc1C(=O)O. The van der Waals surface area contributed by atoms with Gasteiger partial charge in [0.2, 0.25) is 0 Å². The molecule has 0 aliphatic rings. The van der Waals surface area contributed by atoms with Gasteiger partial charge in [-0.1, -0.05) is 13.8 Å². The first-order valence-electron chi connectivity index (χ1n) is 6.83. The van der Waals surface area contributed by atoms with Crippen LogP contribution in [0, 0.1) is 5.82 Å². The minimum Gasteiger partial charge on any atom is -0.478 e. The van der Waals surface area contributed by atoms with Gasteiger partial charge in [-0.2, -0.15) is 0 Å². The third-order valence-corrected chi connectivity index (χ3v) is 3.42. The highest BCUT2D eigenvalue weighted by Gasteiger charge is 2.21. The van der Waals surface area contributed by atoms with Crippen molar-refractivity contribution in [2.24, 2.45) is 0 Å². The molecule has 0 saturated heterocycles. The Morgan fingerprint density at radius 3 is 2.55 bits per heavy atom. The highest BCUT2D eigenvalue weighted by atomic mass is 19.1. The van der Waals surface area contributed by atoms with Crippen molar-refractivity contribution >= 4 is 11.7 Å². The van der Waals surface area contributed by atoms with Crippen LogP contribution in [0.2, 0.25) is 0 Å². The van der Waals surface area contributed by atoms with Gasteiger partial charge in [-0.15, -0.1) is 0 Å². The molecule has 0 heterocycles. The van der Waals surface area contributed by atoms with Crippen molar-refractivity contribution in [3.63, 3.8) is 0 Å². The average molecular weight is 283 g/mol. The quantitative estimate of drug-likeness (QED) is 0.796. The van der Waals surface area contributed by atoms with Crippen LogP contribution in [-0.2, 0) is 4.74 Å². The van der Waals surface area contributed by atoms with E-state index in [2.05, 4.69) is 13.8 Å². The van der Waals surface area contributed by atoms with Gasteiger partial charge in [-0.25, -0.2) is 9.18 Å². The van der Waals surface area contributed by atoms with E-state index >= 15 is 0 Å². The van der Waals surface area contributed by atoms with Crippen LogP contribution in [0.25, 0.3) is 0 Å². The molecule has 1 N–H and O–H groups in total. The van der Waals surface area contributed by atoms with Gasteiger partial charge in [-0.05, 0) is 31.0 Å². The van der Waals surface area contributed by atoms with E-state index in [1.807, 2.05) is 4.90 Å².